The topological polar surface area (TPSA) is 6.48 Å². The Morgan fingerprint density at radius 1 is 0.952 bits per heavy atom. The summed E-state index contributed by atoms with van der Waals surface area (Å²) in [6.45, 7) is 11.2. The van der Waals surface area contributed by atoms with Crippen LogP contribution in [0.4, 0.5) is 4.39 Å². The van der Waals surface area contributed by atoms with Crippen molar-refractivity contribution >= 4 is 0 Å². The normalized spacial score (nSPS) is 29.6. The highest BCUT2D eigenvalue weighted by Gasteiger charge is 2.45. The van der Waals surface area contributed by atoms with Gasteiger partial charge < -0.3 is 9.80 Å². The average molecular weight is 298 g/mol. The van der Waals surface area contributed by atoms with E-state index in [1.165, 1.54) is 25.7 Å². The molecule has 0 N–H and O–H groups in total. The molecule has 0 radical (unpaired) electrons. The van der Waals surface area contributed by atoms with Crippen molar-refractivity contribution in [2.24, 2.45) is 11.3 Å². The van der Waals surface area contributed by atoms with Gasteiger partial charge in [0.1, 0.15) is 5.67 Å². The van der Waals surface area contributed by atoms with E-state index in [2.05, 4.69) is 23.8 Å². The second-order valence-electron chi connectivity index (χ2n) is 7.74. The molecule has 0 amide bonds. The summed E-state index contributed by atoms with van der Waals surface area (Å²) in [6, 6.07) is 0. The van der Waals surface area contributed by atoms with Gasteiger partial charge in [0, 0.05) is 19.6 Å². The van der Waals surface area contributed by atoms with Crippen molar-refractivity contribution < 1.29 is 4.39 Å². The number of hydrogen-bond acceptors (Lipinski definition) is 2. The van der Waals surface area contributed by atoms with E-state index in [9.17, 15) is 4.39 Å². The van der Waals surface area contributed by atoms with Crippen LogP contribution >= 0.6 is 0 Å². The molecule has 1 saturated carbocycles. The third kappa shape index (κ3) is 4.19. The molecule has 3 aliphatic rings. The van der Waals surface area contributed by atoms with Crippen LogP contribution in [0.3, 0.4) is 0 Å². The molecule has 3 fully saturated rings. The SMILES string of the molecule is CC.CC1CC2(CCN(CC3(F)CCN(C)CC3)CC2)C1. The molecular weight excluding hydrogens is 263 g/mol. The van der Waals surface area contributed by atoms with E-state index in [-0.39, 0.29) is 0 Å². The summed E-state index contributed by atoms with van der Waals surface area (Å²) in [5.41, 5.74) is -0.254. The molecule has 0 atom stereocenters. The van der Waals surface area contributed by atoms with Gasteiger partial charge >= 0.3 is 0 Å². The highest BCUT2D eigenvalue weighted by atomic mass is 19.1. The Kier molecular flexibility index (Phi) is 5.70. The van der Waals surface area contributed by atoms with Crippen molar-refractivity contribution in [3.05, 3.63) is 0 Å². The summed E-state index contributed by atoms with van der Waals surface area (Å²) in [5.74, 6) is 0.938. The maximum absolute atomic E-state index is 14.8. The predicted molar refractivity (Wildman–Crippen MR) is 88.4 cm³/mol. The van der Waals surface area contributed by atoms with E-state index in [4.69, 9.17) is 0 Å². The first-order valence-corrected chi connectivity index (χ1v) is 9.09. The fourth-order valence-electron chi connectivity index (χ4n) is 4.59. The summed E-state index contributed by atoms with van der Waals surface area (Å²) >= 11 is 0. The molecule has 0 unspecified atom stereocenters. The average Bonchev–Trinajstić information content (AvgIpc) is 2.46. The van der Waals surface area contributed by atoms with E-state index < -0.39 is 5.67 Å². The molecule has 0 bridgehead atoms. The number of rotatable bonds is 2. The van der Waals surface area contributed by atoms with Crippen LogP contribution in [-0.4, -0.2) is 55.2 Å². The minimum atomic E-state index is -0.913. The van der Waals surface area contributed by atoms with Crippen molar-refractivity contribution in [2.75, 3.05) is 39.8 Å². The number of nitrogens with zero attached hydrogens (tertiary/aromatic N) is 2. The summed E-state index contributed by atoms with van der Waals surface area (Å²) in [5, 5.41) is 0. The van der Waals surface area contributed by atoms with Gasteiger partial charge in [-0.05, 0) is 70.0 Å². The molecule has 3 rings (SSSR count). The van der Waals surface area contributed by atoms with Crippen molar-refractivity contribution in [1.82, 2.24) is 9.80 Å². The standard InChI is InChI=1S/C16H29FN2.C2H6/c1-14-11-15(12-14)3-9-19(10-4-15)13-16(17)5-7-18(2)8-6-16;1-2/h14H,3-13H2,1-2H3;1-2H3. The van der Waals surface area contributed by atoms with Crippen molar-refractivity contribution in [1.29, 1.82) is 0 Å². The van der Waals surface area contributed by atoms with E-state index in [1.54, 1.807) is 0 Å². The Morgan fingerprint density at radius 2 is 1.48 bits per heavy atom. The minimum Gasteiger partial charge on any atom is -0.306 e. The van der Waals surface area contributed by atoms with Gasteiger partial charge in [-0.2, -0.15) is 0 Å². The molecule has 0 aromatic heterocycles. The lowest BCUT2D eigenvalue weighted by Crippen LogP contribution is -2.52. The van der Waals surface area contributed by atoms with Gasteiger partial charge in [-0.15, -0.1) is 0 Å². The van der Waals surface area contributed by atoms with Crippen LogP contribution < -0.4 is 0 Å². The van der Waals surface area contributed by atoms with Crippen LogP contribution in [0.5, 0.6) is 0 Å². The highest BCUT2D eigenvalue weighted by molar-refractivity contribution is 4.97. The smallest absolute Gasteiger partial charge is 0.126 e. The Hall–Kier alpha value is -0.150. The third-order valence-electron chi connectivity index (χ3n) is 5.87. The van der Waals surface area contributed by atoms with Gasteiger partial charge in [0.2, 0.25) is 0 Å². The van der Waals surface area contributed by atoms with Gasteiger partial charge in [-0.25, -0.2) is 4.39 Å². The molecule has 2 aliphatic heterocycles. The molecule has 21 heavy (non-hydrogen) atoms. The number of alkyl halides is 1. The number of piperidine rings is 2. The van der Waals surface area contributed by atoms with Gasteiger partial charge in [0.05, 0.1) is 0 Å². The first-order chi connectivity index (χ1) is 9.99. The molecule has 2 saturated heterocycles. The maximum atomic E-state index is 14.8. The molecule has 0 aromatic rings. The van der Waals surface area contributed by atoms with Crippen molar-refractivity contribution in [3.63, 3.8) is 0 Å². The van der Waals surface area contributed by atoms with E-state index in [0.29, 0.717) is 12.0 Å². The van der Waals surface area contributed by atoms with E-state index >= 15 is 0 Å². The van der Waals surface area contributed by atoms with Crippen LogP contribution in [0, 0.1) is 11.3 Å². The quantitative estimate of drug-likeness (QED) is 0.761. The zero-order chi connectivity index (χ0) is 15.5. The summed E-state index contributed by atoms with van der Waals surface area (Å²) in [7, 11) is 2.10. The molecule has 2 heterocycles. The lowest BCUT2D eigenvalue weighted by atomic mass is 9.58. The van der Waals surface area contributed by atoms with Gasteiger partial charge in [0.25, 0.3) is 0 Å². The van der Waals surface area contributed by atoms with Crippen LogP contribution in [0.2, 0.25) is 0 Å². The van der Waals surface area contributed by atoms with Crippen molar-refractivity contribution in [2.45, 2.75) is 65.0 Å². The number of hydrogen-bond donors (Lipinski definition) is 0. The lowest BCUT2D eigenvalue weighted by molar-refractivity contribution is -0.0324. The van der Waals surface area contributed by atoms with Crippen LogP contribution in [0.1, 0.15) is 59.3 Å². The number of halogens is 1. The first-order valence-electron chi connectivity index (χ1n) is 9.09. The first kappa shape index (κ1) is 17.2. The minimum absolute atomic E-state index is 0.659. The Morgan fingerprint density at radius 3 is 1.95 bits per heavy atom. The Balaban J connectivity index is 0.000000774. The summed E-state index contributed by atoms with van der Waals surface area (Å²) < 4.78 is 14.8. The van der Waals surface area contributed by atoms with Crippen molar-refractivity contribution in [3.8, 4) is 0 Å². The van der Waals surface area contributed by atoms with Crippen LogP contribution in [0.25, 0.3) is 0 Å². The second-order valence-corrected chi connectivity index (χ2v) is 7.74. The maximum Gasteiger partial charge on any atom is 0.126 e. The van der Waals surface area contributed by atoms with Gasteiger partial charge in [-0.3, -0.25) is 0 Å². The summed E-state index contributed by atoms with van der Waals surface area (Å²) in [4.78, 5) is 4.65. The fraction of sp³-hybridized carbons (Fsp3) is 1.00. The predicted octanol–water partition coefficient (Wildman–Crippen LogP) is 3.96. The van der Waals surface area contributed by atoms with E-state index in [0.717, 1.165) is 44.9 Å². The molecule has 124 valence electrons. The highest BCUT2D eigenvalue weighted by Crippen LogP contribution is 2.52. The molecule has 0 aromatic carbocycles. The Bertz CT molecular complexity index is 307. The van der Waals surface area contributed by atoms with Gasteiger partial charge in [-0.1, -0.05) is 20.8 Å². The molecular formula is C18H35FN2. The Labute approximate surface area is 131 Å². The molecule has 2 nitrogen and oxygen atoms in total. The fourth-order valence-corrected chi connectivity index (χ4v) is 4.59. The van der Waals surface area contributed by atoms with Crippen LogP contribution in [0.15, 0.2) is 0 Å². The molecule has 3 heteroatoms. The zero-order valence-electron chi connectivity index (χ0n) is 14.6. The third-order valence-corrected chi connectivity index (χ3v) is 5.87. The van der Waals surface area contributed by atoms with Crippen LogP contribution in [-0.2, 0) is 0 Å². The summed E-state index contributed by atoms with van der Waals surface area (Å²) in [6.07, 6.45) is 6.92. The largest absolute Gasteiger partial charge is 0.306 e. The van der Waals surface area contributed by atoms with Gasteiger partial charge in [0.15, 0.2) is 0 Å². The lowest BCUT2D eigenvalue weighted by Gasteiger charge is -2.52. The van der Waals surface area contributed by atoms with E-state index in [1.807, 2.05) is 13.8 Å². The zero-order valence-corrected chi connectivity index (χ0v) is 14.6. The number of likely N-dealkylation sites (tertiary alicyclic amines) is 2. The molecule has 1 aliphatic carbocycles. The molecule has 1 spiro atoms. The second kappa shape index (κ2) is 6.95. The monoisotopic (exact) mass is 298 g/mol.